The minimum absolute atomic E-state index is 0.309. The van der Waals surface area contributed by atoms with Crippen LogP contribution in [0.2, 0.25) is 10.0 Å². The molecule has 0 bridgehead atoms. The first-order chi connectivity index (χ1) is 7.11. The van der Waals surface area contributed by atoms with Gasteiger partial charge < -0.3 is 5.73 Å². The Hall–Kier alpha value is -1.32. The standard InChI is InChI=1S/C10H6Cl2N2O/c11-8-3-6(10(13)15)7-4-14-2-1-5(7)9(8)12/h1-4H,(H2,13,15). The first-order valence-corrected chi connectivity index (χ1v) is 4.88. The van der Waals surface area contributed by atoms with Crippen molar-refractivity contribution in [3.63, 3.8) is 0 Å². The van der Waals surface area contributed by atoms with Crippen molar-refractivity contribution in [1.82, 2.24) is 4.98 Å². The molecule has 0 unspecified atom stereocenters. The maximum absolute atomic E-state index is 11.2. The molecule has 5 heteroatoms. The van der Waals surface area contributed by atoms with E-state index in [4.69, 9.17) is 28.9 Å². The number of benzene rings is 1. The third-order valence-corrected chi connectivity index (χ3v) is 2.90. The number of hydrogen-bond donors (Lipinski definition) is 1. The summed E-state index contributed by atoms with van der Waals surface area (Å²) in [5.74, 6) is -0.549. The molecule has 0 radical (unpaired) electrons. The van der Waals surface area contributed by atoms with Gasteiger partial charge in [0.05, 0.1) is 15.6 Å². The molecule has 2 N–H and O–H groups in total. The molecule has 0 atom stereocenters. The van der Waals surface area contributed by atoms with E-state index in [0.29, 0.717) is 26.4 Å². The molecule has 1 heterocycles. The third-order valence-electron chi connectivity index (χ3n) is 2.09. The van der Waals surface area contributed by atoms with Gasteiger partial charge >= 0.3 is 0 Å². The van der Waals surface area contributed by atoms with E-state index in [2.05, 4.69) is 4.98 Å². The van der Waals surface area contributed by atoms with Gasteiger partial charge in [-0.2, -0.15) is 0 Å². The quantitative estimate of drug-likeness (QED) is 0.834. The van der Waals surface area contributed by atoms with Crippen LogP contribution in [-0.2, 0) is 0 Å². The fourth-order valence-corrected chi connectivity index (χ4v) is 1.83. The Kier molecular flexibility index (Phi) is 2.50. The van der Waals surface area contributed by atoms with Gasteiger partial charge in [-0.15, -0.1) is 0 Å². The highest BCUT2D eigenvalue weighted by atomic mass is 35.5. The van der Waals surface area contributed by atoms with Crippen molar-refractivity contribution < 1.29 is 4.79 Å². The lowest BCUT2D eigenvalue weighted by Crippen LogP contribution is -2.11. The van der Waals surface area contributed by atoms with Crippen LogP contribution >= 0.6 is 23.2 Å². The molecule has 3 nitrogen and oxygen atoms in total. The normalized spacial score (nSPS) is 10.5. The number of carbonyl (C=O) groups is 1. The average Bonchev–Trinajstić information content (AvgIpc) is 2.23. The van der Waals surface area contributed by atoms with Gasteiger partial charge in [-0.1, -0.05) is 23.2 Å². The molecule has 0 aliphatic rings. The molecule has 0 spiro atoms. The summed E-state index contributed by atoms with van der Waals surface area (Å²) in [5, 5.41) is 2.00. The van der Waals surface area contributed by atoms with Crippen molar-refractivity contribution in [2.45, 2.75) is 0 Å². The summed E-state index contributed by atoms with van der Waals surface area (Å²) in [6.07, 6.45) is 3.12. The van der Waals surface area contributed by atoms with Crippen molar-refractivity contribution in [2.75, 3.05) is 0 Å². The molecule has 76 valence electrons. The summed E-state index contributed by atoms with van der Waals surface area (Å²) >= 11 is 11.9. The number of nitrogens with two attached hydrogens (primary N) is 1. The van der Waals surface area contributed by atoms with E-state index in [0.717, 1.165) is 0 Å². The van der Waals surface area contributed by atoms with E-state index >= 15 is 0 Å². The molecule has 1 aromatic carbocycles. The zero-order valence-electron chi connectivity index (χ0n) is 7.50. The Bertz CT molecular complexity index is 554. The summed E-state index contributed by atoms with van der Waals surface area (Å²) in [4.78, 5) is 15.1. The molecule has 2 aromatic rings. The molecule has 0 fully saturated rings. The van der Waals surface area contributed by atoms with Gasteiger partial charge in [0.1, 0.15) is 0 Å². The van der Waals surface area contributed by atoms with E-state index in [9.17, 15) is 4.79 Å². The zero-order valence-corrected chi connectivity index (χ0v) is 9.01. The van der Waals surface area contributed by atoms with E-state index in [1.165, 1.54) is 12.3 Å². The second kappa shape index (κ2) is 3.68. The van der Waals surface area contributed by atoms with Crippen molar-refractivity contribution >= 4 is 39.9 Å². The van der Waals surface area contributed by atoms with Gasteiger partial charge in [0.15, 0.2) is 0 Å². The molecule has 1 amide bonds. The molecular weight excluding hydrogens is 235 g/mol. The predicted octanol–water partition coefficient (Wildman–Crippen LogP) is 2.64. The zero-order chi connectivity index (χ0) is 11.0. The number of rotatable bonds is 1. The van der Waals surface area contributed by atoms with Gasteiger partial charge in [0.2, 0.25) is 5.91 Å². The highest BCUT2D eigenvalue weighted by molar-refractivity contribution is 6.45. The van der Waals surface area contributed by atoms with Crippen molar-refractivity contribution in [2.24, 2.45) is 5.73 Å². The van der Waals surface area contributed by atoms with Crippen LogP contribution in [0.3, 0.4) is 0 Å². The van der Waals surface area contributed by atoms with E-state index < -0.39 is 5.91 Å². The summed E-state index contributed by atoms with van der Waals surface area (Å²) in [5.41, 5.74) is 5.56. The number of nitrogens with zero attached hydrogens (tertiary/aromatic N) is 1. The van der Waals surface area contributed by atoms with Crippen LogP contribution in [0.4, 0.5) is 0 Å². The van der Waals surface area contributed by atoms with Gasteiger partial charge in [0.25, 0.3) is 0 Å². The van der Waals surface area contributed by atoms with Crippen LogP contribution in [0.5, 0.6) is 0 Å². The number of primary amides is 1. The Morgan fingerprint density at radius 2 is 2.07 bits per heavy atom. The first kappa shape index (κ1) is 10.2. The second-order valence-electron chi connectivity index (χ2n) is 3.01. The Morgan fingerprint density at radius 3 is 2.73 bits per heavy atom. The minimum Gasteiger partial charge on any atom is -0.366 e. The summed E-state index contributed by atoms with van der Waals surface area (Å²) < 4.78 is 0. The van der Waals surface area contributed by atoms with Gasteiger partial charge in [0, 0.05) is 23.2 Å². The average molecular weight is 241 g/mol. The number of halogens is 2. The number of hydrogen-bond acceptors (Lipinski definition) is 2. The molecule has 0 aliphatic heterocycles. The van der Waals surface area contributed by atoms with Crippen molar-refractivity contribution in [3.8, 4) is 0 Å². The van der Waals surface area contributed by atoms with Crippen LogP contribution in [0.1, 0.15) is 10.4 Å². The molecule has 1 aromatic heterocycles. The lowest BCUT2D eigenvalue weighted by atomic mass is 10.1. The highest BCUT2D eigenvalue weighted by Gasteiger charge is 2.12. The van der Waals surface area contributed by atoms with Crippen LogP contribution in [-0.4, -0.2) is 10.9 Å². The Labute approximate surface area is 95.8 Å². The van der Waals surface area contributed by atoms with Crippen LogP contribution in [0, 0.1) is 0 Å². The molecular formula is C10H6Cl2N2O. The number of carbonyl (C=O) groups excluding carboxylic acids is 1. The Morgan fingerprint density at radius 1 is 1.33 bits per heavy atom. The summed E-state index contributed by atoms with van der Waals surface area (Å²) in [6.45, 7) is 0. The molecule has 15 heavy (non-hydrogen) atoms. The second-order valence-corrected chi connectivity index (χ2v) is 3.79. The SMILES string of the molecule is NC(=O)c1cc(Cl)c(Cl)c2ccncc12. The van der Waals surface area contributed by atoms with Gasteiger partial charge in [-0.25, -0.2) is 0 Å². The maximum Gasteiger partial charge on any atom is 0.249 e. The smallest absolute Gasteiger partial charge is 0.249 e. The maximum atomic E-state index is 11.2. The van der Waals surface area contributed by atoms with Crippen molar-refractivity contribution in [1.29, 1.82) is 0 Å². The van der Waals surface area contributed by atoms with E-state index in [-0.39, 0.29) is 0 Å². The van der Waals surface area contributed by atoms with Gasteiger partial charge in [-0.3, -0.25) is 9.78 Å². The van der Waals surface area contributed by atoms with E-state index in [1.807, 2.05) is 0 Å². The third kappa shape index (κ3) is 1.64. The largest absolute Gasteiger partial charge is 0.366 e. The minimum atomic E-state index is -0.549. The lowest BCUT2D eigenvalue weighted by molar-refractivity contribution is 0.100. The van der Waals surface area contributed by atoms with Crippen molar-refractivity contribution in [3.05, 3.63) is 40.1 Å². The Balaban J connectivity index is 2.94. The summed E-state index contributed by atoms with van der Waals surface area (Å²) in [7, 11) is 0. The fourth-order valence-electron chi connectivity index (χ4n) is 1.40. The summed E-state index contributed by atoms with van der Waals surface area (Å²) in [6, 6.07) is 3.15. The van der Waals surface area contributed by atoms with Crippen LogP contribution in [0.15, 0.2) is 24.5 Å². The highest BCUT2D eigenvalue weighted by Crippen LogP contribution is 2.32. The number of pyridine rings is 1. The molecule has 2 rings (SSSR count). The van der Waals surface area contributed by atoms with Crippen LogP contribution in [0.25, 0.3) is 10.8 Å². The van der Waals surface area contributed by atoms with Gasteiger partial charge in [-0.05, 0) is 12.1 Å². The first-order valence-electron chi connectivity index (χ1n) is 4.13. The molecule has 0 aliphatic carbocycles. The molecule has 0 saturated carbocycles. The fraction of sp³-hybridized carbons (Fsp3) is 0. The number of amides is 1. The molecule has 0 saturated heterocycles. The monoisotopic (exact) mass is 240 g/mol. The number of aromatic nitrogens is 1. The predicted molar refractivity (Wildman–Crippen MR) is 60.3 cm³/mol. The van der Waals surface area contributed by atoms with Crippen LogP contribution < -0.4 is 5.73 Å². The topological polar surface area (TPSA) is 56.0 Å². The van der Waals surface area contributed by atoms with E-state index in [1.54, 1.807) is 12.3 Å². The lowest BCUT2D eigenvalue weighted by Gasteiger charge is -2.06. The number of fused-ring (bicyclic) bond motifs is 1.